The van der Waals surface area contributed by atoms with Gasteiger partial charge in [0, 0.05) is 32.2 Å². The van der Waals surface area contributed by atoms with Crippen LogP contribution in [0.3, 0.4) is 0 Å². The average Bonchev–Trinajstić information content (AvgIpc) is 3.21. The number of rotatable bonds is 7. The molecule has 0 radical (unpaired) electrons. The van der Waals surface area contributed by atoms with Gasteiger partial charge >= 0.3 is 5.69 Å². The fraction of sp³-hybridized carbons (Fsp3) is 0.500. The largest absolute Gasteiger partial charge is 0.358 e. The Hall–Kier alpha value is -2.06. The number of para-hydroxylation sites is 2. The lowest BCUT2D eigenvalue weighted by molar-refractivity contribution is 0.222. The Balaban J connectivity index is 1.21. The first-order valence-corrected chi connectivity index (χ1v) is 14.6. The standard InChI is InChI=1S/C28H35Cl2N5OS/c29-23-10-9-21(19-24(23)30)20-31-27(37)33-17-11-22(12-18-33)35-26-8-3-2-7-25(26)34(28(35)36)16-6-15-32-13-4-1-5-14-32/h2-3,7-10,19,22H,1,4-6,11-18,20H2,(H,31,37). The summed E-state index contributed by atoms with van der Waals surface area (Å²) in [6.45, 7) is 6.46. The number of fused-ring (bicyclic) bond motifs is 1. The summed E-state index contributed by atoms with van der Waals surface area (Å²) in [4.78, 5) is 18.4. The maximum atomic E-state index is 13.6. The number of thiocarbonyl (C=S) groups is 1. The van der Waals surface area contributed by atoms with E-state index < -0.39 is 0 Å². The van der Waals surface area contributed by atoms with Gasteiger partial charge in [0.25, 0.3) is 0 Å². The van der Waals surface area contributed by atoms with E-state index in [9.17, 15) is 4.79 Å². The summed E-state index contributed by atoms with van der Waals surface area (Å²) < 4.78 is 4.04. The zero-order chi connectivity index (χ0) is 25.8. The molecular formula is C28H35Cl2N5OS. The number of benzene rings is 2. The molecular weight excluding hydrogens is 525 g/mol. The number of hydrogen-bond donors (Lipinski definition) is 1. The van der Waals surface area contributed by atoms with Gasteiger partial charge in [0.15, 0.2) is 5.11 Å². The molecule has 6 nitrogen and oxygen atoms in total. The highest BCUT2D eigenvalue weighted by molar-refractivity contribution is 7.80. The molecule has 0 spiro atoms. The van der Waals surface area contributed by atoms with Crippen molar-refractivity contribution in [3.8, 4) is 0 Å². The van der Waals surface area contributed by atoms with Gasteiger partial charge in [-0.05, 0) is 93.8 Å². The molecule has 3 aromatic rings. The van der Waals surface area contributed by atoms with E-state index >= 15 is 0 Å². The predicted octanol–water partition coefficient (Wildman–Crippen LogP) is 5.70. The number of aromatic nitrogens is 2. The molecule has 2 aliphatic rings. The summed E-state index contributed by atoms with van der Waals surface area (Å²) in [6.07, 6.45) is 6.72. The molecule has 2 aromatic carbocycles. The third-order valence-electron chi connectivity index (χ3n) is 7.72. The maximum absolute atomic E-state index is 13.6. The third-order valence-corrected chi connectivity index (χ3v) is 8.86. The van der Waals surface area contributed by atoms with Crippen molar-refractivity contribution in [2.75, 3.05) is 32.7 Å². The van der Waals surface area contributed by atoms with Crippen molar-refractivity contribution in [3.63, 3.8) is 0 Å². The number of likely N-dealkylation sites (tertiary alicyclic amines) is 2. The fourth-order valence-electron chi connectivity index (χ4n) is 5.70. The van der Waals surface area contributed by atoms with Crippen LogP contribution < -0.4 is 11.0 Å². The highest BCUT2D eigenvalue weighted by atomic mass is 35.5. The van der Waals surface area contributed by atoms with Gasteiger partial charge in [0.05, 0.1) is 21.1 Å². The molecule has 3 heterocycles. The lowest BCUT2D eigenvalue weighted by atomic mass is 10.0. The van der Waals surface area contributed by atoms with Gasteiger partial charge in [-0.3, -0.25) is 9.13 Å². The van der Waals surface area contributed by atoms with Crippen LogP contribution >= 0.6 is 35.4 Å². The van der Waals surface area contributed by atoms with E-state index in [0.29, 0.717) is 16.6 Å². The maximum Gasteiger partial charge on any atom is 0.329 e. The first-order valence-electron chi connectivity index (χ1n) is 13.4. The second-order valence-corrected chi connectivity index (χ2v) is 11.4. The second kappa shape index (κ2) is 12.2. The summed E-state index contributed by atoms with van der Waals surface area (Å²) in [6, 6.07) is 14.0. The minimum absolute atomic E-state index is 0.124. The lowest BCUT2D eigenvalue weighted by Gasteiger charge is -2.34. The molecule has 1 aromatic heterocycles. The minimum atomic E-state index is 0.124. The van der Waals surface area contributed by atoms with E-state index in [1.807, 2.05) is 33.4 Å². The molecule has 0 amide bonds. The van der Waals surface area contributed by atoms with E-state index in [4.69, 9.17) is 35.4 Å². The molecule has 37 heavy (non-hydrogen) atoms. The van der Waals surface area contributed by atoms with E-state index in [1.165, 1.54) is 32.4 Å². The first-order chi connectivity index (χ1) is 18.0. The zero-order valence-corrected chi connectivity index (χ0v) is 23.5. The molecule has 2 saturated heterocycles. The van der Waals surface area contributed by atoms with Crippen molar-refractivity contribution in [2.24, 2.45) is 0 Å². The van der Waals surface area contributed by atoms with Crippen molar-refractivity contribution >= 4 is 51.6 Å². The Bertz CT molecular complexity index is 1290. The average molecular weight is 561 g/mol. The molecule has 0 atom stereocenters. The van der Waals surface area contributed by atoms with Gasteiger partial charge in [-0.15, -0.1) is 0 Å². The van der Waals surface area contributed by atoms with Crippen LogP contribution in [0.5, 0.6) is 0 Å². The molecule has 0 unspecified atom stereocenters. The van der Waals surface area contributed by atoms with Crippen molar-refractivity contribution in [3.05, 3.63) is 68.6 Å². The minimum Gasteiger partial charge on any atom is -0.358 e. The summed E-state index contributed by atoms with van der Waals surface area (Å²) >= 11 is 17.8. The normalized spacial score (nSPS) is 17.4. The first kappa shape index (κ1) is 26.5. The van der Waals surface area contributed by atoms with Crippen molar-refractivity contribution in [2.45, 2.75) is 57.7 Å². The molecule has 1 N–H and O–H groups in total. The molecule has 198 valence electrons. The highest BCUT2D eigenvalue weighted by Crippen LogP contribution is 2.26. The smallest absolute Gasteiger partial charge is 0.329 e. The highest BCUT2D eigenvalue weighted by Gasteiger charge is 2.26. The number of nitrogens with one attached hydrogen (secondary N) is 1. The van der Waals surface area contributed by atoms with Crippen LogP contribution in [0.15, 0.2) is 47.3 Å². The Kier molecular flexibility index (Phi) is 8.75. The van der Waals surface area contributed by atoms with Crippen LogP contribution in [0.4, 0.5) is 0 Å². The summed E-state index contributed by atoms with van der Waals surface area (Å²) in [7, 11) is 0. The van der Waals surface area contributed by atoms with Gasteiger partial charge in [-0.2, -0.15) is 0 Å². The Morgan fingerprint density at radius 1 is 0.919 bits per heavy atom. The zero-order valence-electron chi connectivity index (χ0n) is 21.2. The van der Waals surface area contributed by atoms with Crippen LogP contribution in [0.1, 0.15) is 50.1 Å². The monoisotopic (exact) mass is 559 g/mol. The molecule has 0 bridgehead atoms. The van der Waals surface area contributed by atoms with E-state index in [-0.39, 0.29) is 11.7 Å². The van der Waals surface area contributed by atoms with Gasteiger partial charge < -0.3 is 15.1 Å². The molecule has 5 rings (SSSR count). The van der Waals surface area contributed by atoms with Crippen LogP contribution in [0.25, 0.3) is 11.0 Å². The van der Waals surface area contributed by atoms with Crippen molar-refractivity contribution in [1.82, 2.24) is 24.3 Å². The van der Waals surface area contributed by atoms with Crippen LogP contribution in [-0.4, -0.2) is 56.8 Å². The van der Waals surface area contributed by atoms with Crippen LogP contribution in [0.2, 0.25) is 10.0 Å². The molecule has 0 aliphatic carbocycles. The number of halogens is 2. The number of aryl methyl sites for hydroxylation is 1. The molecule has 2 aliphatic heterocycles. The third kappa shape index (κ3) is 6.17. The van der Waals surface area contributed by atoms with Gasteiger partial charge in [-0.25, -0.2) is 4.79 Å². The Labute approximate surface area is 234 Å². The van der Waals surface area contributed by atoms with E-state index in [0.717, 1.165) is 67.2 Å². The fourth-order valence-corrected chi connectivity index (χ4v) is 6.28. The van der Waals surface area contributed by atoms with Crippen molar-refractivity contribution in [1.29, 1.82) is 0 Å². The van der Waals surface area contributed by atoms with E-state index in [2.05, 4.69) is 27.2 Å². The summed E-state index contributed by atoms with van der Waals surface area (Å²) in [5, 5.41) is 5.17. The second-order valence-electron chi connectivity index (χ2n) is 10.2. The summed E-state index contributed by atoms with van der Waals surface area (Å²) in [5.74, 6) is 0. The topological polar surface area (TPSA) is 45.4 Å². The number of nitrogens with zero attached hydrogens (tertiary/aromatic N) is 4. The Morgan fingerprint density at radius 2 is 1.65 bits per heavy atom. The molecule has 0 saturated carbocycles. The summed E-state index contributed by atoms with van der Waals surface area (Å²) in [5.41, 5.74) is 3.25. The predicted molar refractivity (Wildman–Crippen MR) is 157 cm³/mol. The number of hydrogen-bond acceptors (Lipinski definition) is 3. The van der Waals surface area contributed by atoms with Gasteiger partial charge in [0.2, 0.25) is 0 Å². The van der Waals surface area contributed by atoms with Gasteiger partial charge in [-0.1, -0.05) is 47.8 Å². The van der Waals surface area contributed by atoms with Crippen LogP contribution in [0, 0.1) is 0 Å². The number of imidazole rings is 1. The molecule has 9 heteroatoms. The van der Waals surface area contributed by atoms with Gasteiger partial charge in [0.1, 0.15) is 0 Å². The lowest BCUT2D eigenvalue weighted by Crippen LogP contribution is -2.45. The van der Waals surface area contributed by atoms with Crippen LogP contribution in [-0.2, 0) is 13.1 Å². The quantitative estimate of drug-likeness (QED) is 0.376. The Morgan fingerprint density at radius 3 is 2.38 bits per heavy atom. The number of piperidine rings is 2. The van der Waals surface area contributed by atoms with Crippen molar-refractivity contribution < 1.29 is 0 Å². The molecule has 2 fully saturated rings. The SMILES string of the molecule is O=c1n(CCCN2CCCCC2)c2ccccc2n1C1CCN(C(=S)NCc2ccc(Cl)c(Cl)c2)CC1. The van der Waals surface area contributed by atoms with E-state index in [1.54, 1.807) is 6.07 Å².